The molecule has 0 saturated heterocycles. The van der Waals surface area contributed by atoms with Crippen LogP contribution in [-0.4, -0.2) is 35.2 Å². The van der Waals surface area contributed by atoms with E-state index in [0.29, 0.717) is 6.42 Å². The lowest BCUT2D eigenvalue weighted by atomic mass is 10.0. The van der Waals surface area contributed by atoms with E-state index in [4.69, 9.17) is 0 Å². The van der Waals surface area contributed by atoms with Crippen molar-refractivity contribution in [3.05, 3.63) is 8.96 Å². The summed E-state index contributed by atoms with van der Waals surface area (Å²) in [5, 5.41) is 10.1. The SMILES string of the molecule is CCN(CC)C/C(Br)=C(\Br)C(C)(O)CC. The van der Waals surface area contributed by atoms with Crippen molar-refractivity contribution in [3.63, 3.8) is 0 Å². The van der Waals surface area contributed by atoms with E-state index >= 15 is 0 Å². The van der Waals surface area contributed by atoms with Gasteiger partial charge in [-0.25, -0.2) is 0 Å². The topological polar surface area (TPSA) is 23.5 Å². The van der Waals surface area contributed by atoms with Crippen LogP contribution < -0.4 is 0 Å². The van der Waals surface area contributed by atoms with E-state index in [0.717, 1.165) is 28.6 Å². The van der Waals surface area contributed by atoms with Crippen LogP contribution in [0.3, 0.4) is 0 Å². The number of hydrogen-bond donors (Lipinski definition) is 1. The van der Waals surface area contributed by atoms with Crippen molar-refractivity contribution in [2.24, 2.45) is 0 Å². The van der Waals surface area contributed by atoms with Gasteiger partial charge in [-0.15, -0.1) is 0 Å². The van der Waals surface area contributed by atoms with Gasteiger partial charge in [0, 0.05) is 15.5 Å². The summed E-state index contributed by atoms with van der Waals surface area (Å²) in [5.41, 5.74) is -0.772. The number of aliphatic hydroxyl groups is 1. The van der Waals surface area contributed by atoms with Crippen LogP contribution in [-0.2, 0) is 0 Å². The molecule has 0 aromatic carbocycles. The Hall–Kier alpha value is 0.620. The van der Waals surface area contributed by atoms with E-state index in [9.17, 15) is 5.11 Å². The maximum absolute atomic E-state index is 10.1. The van der Waals surface area contributed by atoms with Gasteiger partial charge in [0.1, 0.15) is 0 Å². The van der Waals surface area contributed by atoms with Crippen molar-refractivity contribution in [1.29, 1.82) is 0 Å². The molecule has 0 aliphatic rings. The van der Waals surface area contributed by atoms with E-state index < -0.39 is 5.60 Å². The third kappa shape index (κ3) is 4.98. The van der Waals surface area contributed by atoms with Crippen LogP contribution in [0, 0.1) is 0 Å². The van der Waals surface area contributed by atoms with Gasteiger partial charge in [0.2, 0.25) is 0 Å². The molecule has 0 heterocycles. The van der Waals surface area contributed by atoms with Crippen LogP contribution in [0.15, 0.2) is 8.96 Å². The smallest absolute Gasteiger partial charge is 0.0938 e. The average molecular weight is 343 g/mol. The van der Waals surface area contributed by atoms with Crippen LogP contribution in [0.2, 0.25) is 0 Å². The third-order valence-corrected chi connectivity index (χ3v) is 5.17. The second kappa shape index (κ2) is 7.05. The molecule has 0 bridgehead atoms. The van der Waals surface area contributed by atoms with Crippen LogP contribution >= 0.6 is 31.9 Å². The van der Waals surface area contributed by atoms with Crippen molar-refractivity contribution >= 4 is 31.9 Å². The minimum absolute atomic E-state index is 0.695. The van der Waals surface area contributed by atoms with E-state index in [-0.39, 0.29) is 0 Å². The fourth-order valence-corrected chi connectivity index (χ4v) is 2.35. The van der Waals surface area contributed by atoms with Crippen molar-refractivity contribution in [2.75, 3.05) is 19.6 Å². The van der Waals surface area contributed by atoms with E-state index in [2.05, 4.69) is 50.6 Å². The molecule has 1 unspecified atom stereocenters. The molecule has 1 N–H and O–H groups in total. The lowest BCUT2D eigenvalue weighted by Crippen LogP contribution is -2.28. The van der Waals surface area contributed by atoms with Gasteiger partial charge in [0.25, 0.3) is 0 Å². The molecule has 0 aliphatic carbocycles. The number of nitrogens with zero attached hydrogens (tertiary/aromatic N) is 1. The Morgan fingerprint density at radius 1 is 1.20 bits per heavy atom. The first kappa shape index (κ1) is 15.6. The lowest BCUT2D eigenvalue weighted by molar-refractivity contribution is 0.103. The zero-order valence-corrected chi connectivity index (χ0v) is 13.2. The fraction of sp³-hybridized carbons (Fsp3) is 0.818. The highest BCUT2D eigenvalue weighted by molar-refractivity contribution is 9.14. The van der Waals surface area contributed by atoms with E-state index in [1.54, 1.807) is 0 Å². The molecule has 4 heteroatoms. The highest BCUT2D eigenvalue weighted by Crippen LogP contribution is 2.31. The second-order valence-electron chi connectivity index (χ2n) is 3.81. The Bertz CT molecular complexity index is 223. The maximum atomic E-state index is 10.1. The summed E-state index contributed by atoms with van der Waals surface area (Å²) >= 11 is 7.00. The van der Waals surface area contributed by atoms with Crippen molar-refractivity contribution in [3.8, 4) is 0 Å². The summed E-state index contributed by atoms with van der Waals surface area (Å²) in [6.45, 7) is 10.9. The average Bonchev–Trinajstić information content (AvgIpc) is 2.24. The molecule has 2 nitrogen and oxygen atoms in total. The minimum Gasteiger partial charge on any atom is -0.385 e. The van der Waals surface area contributed by atoms with Gasteiger partial charge in [-0.3, -0.25) is 4.90 Å². The highest BCUT2D eigenvalue weighted by Gasteiger charge is 2.24. The zero-order valence-electron chi connectivity index (χ0n) is 9.98. The Balaban J connectivity index is 4.64. The number of hydrogen-bond acceptors (Lipinski definition) is 2. The Labute approximate surface area is 110 Å². The molecular formula is C11H21Br2NO. The zero-order chi connectivity index (χ0) is 12.1. The van der Waals surface area contributed by atoms with Gasteiger partial charge < -0.3 is 5.11 Å². The second-order valence-corrected chi connectivity index (χ2v) is 5.56. The molecule has 1 atom stereocenters. The molecule has 15 heavy (non-hydrogen) atoms. The Kier molecular flexibility index (Phi) is 7.34. The molecule has 0 aromatic heterocycles. The largest absolute Gasteiger partial charge is 0.385 e. The lowest BCUT2D eigenvalue weighted by Gasteiger charge is -2.25. The summed E-state index contributed by atoms with van der Waals surface area (Å²) in [5.74, 6) is 0. The molecule has 90 valence electrons. The predicted octanol–water partition coefficient (Wildman–Crippen LogP) is 3.49. The molecule has 0 saturated carbocycles. The van der Waals surface area contributed by atoms with Crippen LogP contribution in [0.5, 0.6) is 0 Å². The first-order valence-electron chi connectivity index (χ1n) is 5.38. The van der Waals surface area contributed by atoms with Crippen LogP contribution in [0.1, 0.15) is 34.1 Å². The van der Waals surface area contributed by atoms with Gasteiger partial charge in [0.15, 0.2) is 0 Å². The maximum Gasteiger partial charge on any atom is 0.0938 e. The van der Waals surface area contributed by atoms with Crippen LogP contribution in [0.4, 0.5) is 0 Å². The summed E-state index contributed by atoms with van der Waals surface area (Å²) in [6.07, 6.45) is 0.695. The molecule has 0 amide bonds. The molecule has 0 fully saturated rings. The summed E-state index contributed by atoms with van der Waals surface area (Å²) in [4.78, 5) is 2.29. The standard InChI is InChI=1S/C11H21Br2NO/c1-5-11(4,15)10(13)9(12)8-14(6-2)7-3/h15H,5-8H2,1-4H3/b10-9+. The summed E-state index contributed by atoms with van der Waals surface area (Å²) in [7, 11) is 0. The number of halogens is 2. The molecule has 0 aromatic rings. The number of rotatable bonds is 6. The Morgan fingerprint density at radius 2 is 1.67 bits per heavy atom. The molecule has 0 radical (unpaired) electrons. The fourth-order valence-electron chi connectivity index (χ4n) is 1.16. The van der Waals surface area contributed by atoms with Gasteiger partial charge >= 0.3 is 0 Å². The predicted molar refractivity (Wildman–Crippen MR) is 73.6 cm³/mol. The van der Waals surface area contributed by atoms with Gasteiger partial charge in [0.05, 0.1) is 5.60 Å². The van der Waals surface area contributed by atoms with E-state index in [1.807, 2.05) is 13.8 Å². The van der Waals surface area contributed by atoms with Gasteiger partial charge in [-0.2, -0.15) is 0 Å². The molecule has 0 spiro atoms. The van der Waals surface area contributed by atoms with Crippen molar-refractivity contribution in [1.82, 2.24) is 4.90 Å². The number of likely N-dealkylation sites (N-methyl/N-ethyl adjacent to an activating group) is 1. The summed E-state index contributed by atoms with van der Waals surface area (Å²) < 4.78 is 1.88. The van der Waals surface area contributed by atoms with Crippen LogP contribution in [0.25, 0.3) is 0 Å². The highest BCUT2D eigenvalue weighted by atomic mass is 79.9. The molecule has 0 rings (SSSR count). The molecular weight excluding hydrogens is 322 g/mol. The quantitative estimate of drug-likeness (QED) is 0.798. The minimum atomic E-state index is -0.772. The Morgan fingerprint density at radius 3 is 2.00 bits per heavy atom. The summed E-state index contributed by atoms with van der Waals surface area (Å²) in [6, 6.07) is 0. The monoisotopic (exact) mass is 341 g/mol. The normalized spacial score (nSPS) is 17.6. The first-order chi connectivity index (χ1) is 6.88. The van der Waals surface area contributed by atoms with Crippen molar-refractivity contribution < 1.29 is 5.11 Å². The van der Waals surface area contributed by atoms with Gasteiger partial charge in [-0.05, 0) is 26.4 Å². The van der Waals surface area contributed by atoms with Gasteiger partial charge in [-0.1, -0.05) is 52.6 Å². The third-order valence-electron chi connectivity index (χ3n) is 2.66. The van der Waals surface area contributed by atoms with E-state index in [1.165, 1.54) is 0 Å². The molecule has 0 aliphatic heterocycles. The first-order valence-corrected chi connectivity index (χ1v) is 6.96. The van der Waals surface area contributed by atoms with Crippen molar-refractivity contribution in [2.45, 2.75) is 39.7 Å².